The molecule has 2 heterocycles. The second-order valence-corrected chi connectivity index (χ2v) is 7.78. The number of fused-ring (bicyclic) bond motifs is 1. The van der Waals surface area contributed by atoms with Gasteiger partial charge < -0.3 is 10.2 Å². The summed E-state index contributed by atoms with van der Waals surface area (Å²) in [7, 11) is 0. The van der Waals surface area contributed by atoms with Crippen LogP contribution >= 0.6 is 23.5 Å². The topological polar surface area (TPSA) is 65.5 Å². The highest BCUT2D eigenvalue weighted by molar-refractivity contribution is 7.96. The molecule has 8 heteroatoms. The molecule has 1 N–H and O–H groups in total. The number of aromatic nitrogens is 1. The molecule has 1 aromatic heterocycles. The highest BCUT2D eigenvalue weighted by Crippen LogP contribution is 2.29. The molecule has 0 saturated carbocycles. The number of hydrogen-bond acceptors (Lipinski definition) is 7. The van der Waals surface area contributed by atoms with Crippen LogP contribution in [0.3, 0.4) is 0 Å². The van der Waals surface area contributed by atoms with Crippen molar-refractivity contribution >= 4 is 46.5 Å². The lowest BCUT2D eigenvalue weighted by Crippen LogP contribution is -2.43. The lowest BCUT2D eigenvalue weighted by atomic mass is 9.97. The Hall–Kier alpha value is -2.35. The molecule has 28 heavy (non-hydrogen) atoms. The Bertz CT molecular complexity index is 953. The molecule has 0 bridgehead atoms. The van der Waals surface area contributed by atoms with E-state index in [1.54, 1.807) is 24.1 Å². The van der Waals surface area contributed by atoms with Gasteiger partial charge in [-0.1, -0.05) is 23.5 Å². The van der Waals surface area contributed by atoms with Gasteiger partial charge in [-0.25, -0.2) is 4.31 Å². The number of benzene rings is 1. The quantitative estimate of drug-likeness (QED) is 0.769. The molecule has 1 aromatic carbocycles. The average molecular weight is 415 g/mol. The van der Waals surface area contributed by atoms with E-state index >= 15 is 0 Å². The molecule has 2 aliphatic rings. The van der Waals surface area contributed by atoms with Gasteiger partial charge in [-0.05, 0) is 42.7 Å². The van der Waals surface area contributed by atoms with Crippen molar-refractivity contribution in [3.05, 3.63) is 64.6 Å². The summed E-state index contributed by atoms with van der Waals surface area (Å²) in [5.74, 6) is -0.771. The van der Waals surface area contributed by atoms with E-state index in [0.29, 0.717) is 5.69 Å². The van der Waals surface area contributed by atoms with E-state index < -0.39 is 5.78 Å². The number of ketones is 2. The summed E-state index contributed by atoms with van der Waals surface area (Å²) >= 11 is 7.95. The van der Waals surface area contributed by atoms with Crippen molar-refractivity contribution in [2.75, 3.05) is 42.7 Å². The third-order valence-electron chi connectivity index (χ3n) is 4.91. The van der Waals surface area contributed by atoms with Crippen LogP contribution in [0.15, 0.2) is 53.3 Å². The smallest absolute Gasteiger partial charge is 0.225 e. The number of nitrogens with one attached hydrogen (secondary N) is 1. The largest absolute Gasteiger partial charge is 0.369 e. The molecular formula is C20H19ClN4O2S. The first-order valence-corrected chi connectivity index (χ1v) is 10.5. The first-order chi connectivity index (χ1) is 13.6. The number of hydrogen-bond donors (Lipinski definition) is 1. The zero-order valence-corrected chi connectivity index (χ0v) is 16.9. The minimum absolute atomic E-state index is 0.0912. The first-order valence-electron chi connectivity index (χ1n) is 8.94. The second kappa shape index (κ2) is 7.95. The molecule has 0 unspecified atom stereocenters. The lowest BCUT2D eigenvalue weighted by molar-refractivity contribution is 0.0978. The van der Waals surface area contributed by atoms with Gasteiger partial charge >= 0.3 is 0 Å². The summed E-state index contributed by atoms with van der Waals surface area (Å²) in [6.45, 7) is 3.99. The number of halogens is 1. The van der Waals surface area contributed by atoms with Crippen LogP contribution in [0, 0.1) is 0 Å². The molecule has 0 spiro atoms. The van der Waals surface area contributed by atoms with Gasteiger partial charge in [-0.3, -0.25) is 14.6 Å². The lowest BCUT2D eigenvalue weighted by Gasteiger charge is -2.34. The van der Waals surface area contributed by atoms with Gasteiger partial charge in [0.25, 0.3) is 0 Å². The van der Waals surface area contributed by atoms with Gasteiger partial charge in [-0.2, -0.15) is 0 Å². The maximum atomic E-state index is 12.7. The molecule has 2 aromatic rings. The Morgan fingerprint density at radius 1 is 1.04 bits per heavy atom. The van der Waals surface area contributed by atoms with Crippen molar-refractivity contribution in [2.45, 2.75) is 0 Å². The number of rotatable bonds is 4. The van der Waals surface area contributed by atoms with Crippen molar-refractivity contribution in [1.82, 2.24) is 9.29 Å². The van der Waals surface area contributed by atoms with E-state index in [1.165, 1.54) is 6.20 Å². The molecule has 144 valence electrons. The third-order valence-corrected chi connectivity index (χ3v) is 6.15. The molecular weight excluding hydrogens is 396 g/mol. The standard InChI is InChI=1S/C20H19ClN4O2S/c1-28-25-11-9-24(10-12-25)14-6-4-13(5-7-14)23-18-16(21)20(27)17-15(19(18)26)3-2-8-22-17/h2-8,23H,9-12H2,1H3. The minimum Gasteiger partial charge on any atom is -0.369 e. The van der Waals surface area contributed by atoms with Gasteiger partial charge in [0, 0.05) is 43.8 Å². The Morgan fingerprint density at radius 3 is 2.43 bits per heavy atom. The number of carbonyl (C=O) groups excluding carboxylic acids is 2. The van der Waals surface area contributed by atoms with Crippen LogP contribution in [-0.2, 0) is 0 Å². The number of Topliss-reactive ketones (excluding diaryl/α,β-unsaturated/α-hetero) is 2. The molecule has 0 atom stereocenters. The maximum Gasteiger partial charge on any atom is 0.225 e. The van der Waals surface area contributed by atoms with Gasteiger partial charge in [0.15, 0.2) is 0 Å². The second-order valence-electron chi connectivity index (χ2n) is 6.52. The van der Waals surface area contributed by atoms with Crippen LogP contribution in [-0.4, -0.2) is 53.3 Å². The van der Waals surface area contributed by atoms with Gasteiger partial charge in [0.05, 0.1) is 5.56 Å². The first kappa shape index (κ1) is 19.0. The van der Waals surface area contributed by atoms with E-state index in [-0.39, 0.29) is 27.8 Å². The van der Waals surface area contributed by atoms with Gasteiger partial charge in [0.2, 0.25) is 11.6 Å². The SMILES string of the molecule is CSN1CCN(c2ccc(NC3=C(Cl)C(=O)c4ncccc4C3=O)cc2)CC1. The fourth-order valence-corrected chi connectivity index (χ4v) is 4.11. The van der Waals surface area contributed by atoms with Crippen molar-refractivity contribution in [1.29, 1.82) is 0 Å². The predicted molar refractivity (Wildman–Crippen MR) is 113 cm³/mol. The summed E-state index contributed by atoms with van der Waals surface area (Å²) in [6, 6.07) is 11.0. The number of carbonyl (C=O) groups is 2. The zero-order chi connectivity index (χ0) is 19.7. The highest BCUT2D eigenvalue weighted by atomic mass is 35.5. The Kier molecular flexibility index (Phi) is 5.39. The molecule has 0 radical (unpaired) electrons. The maximum absolute atomic E-state index is 12.7. The van der Waals surface area contributed by atoms with E-state index in [4.69, 9.17) is 11.6 Å². The Morgan fingerprint density at radius 2 is 1.75 bits per heavy atom. The van der Waals surface area contributed by atoms with Crippen LogP contribution in [0.4, 0.5) is 11.4 Å². The summed E-state index contributed by atoms with van der Waals surface area (Å²) < 4.78 is 2.35. The van der Waals surface area contributed by atoms with Crippen molar-refractivity contribution in [2.24, 2.45) is 0 Å². The Balaban J connectivity index is 1.51. The fourth-order valence-electron chi connectivity index (χ4n) is 3.36. The van der Waals surface area contributed by atoms with E-state index in [2.05, 4.69) is 25.8 Å². The number of anilines is 2. The van der Waals surface area contributed by atoms with Crippen LogP contribution in [0.1, 0.15) is 20.8 Å². The van der Waals surface area contributed by atoms with E-state index in [1.807, 2.05) is 24.3 Å². The predicted octanol–water partition coefficient (Wildman–Crippen LogP) is 3.42. The van der Waals surface area contributed by atoms with E-state index in [0.717, 1.165) is 31.9 Å². The summed E-state index contributed by atoms with van der Waals surface area (Å²) in [5, 5.41) is 2.89. The molecule has 1 aliphatic carbocycles. The molecule has 1 aliphatic heterocycles. The Labute approximate surface area is 172 Å². The van der Waals surface area contributed by atoms with Crippen molar-refractivity contribution < 1.29 is 9.59 Å². The van der Waals surface area contributed by atoms with Crippen LogP contribution < -0.4 is 10.2 Å². The number of allylic oxidation sites excluding steroid dienone is 2. The minimum atomic E-state index is -0.442. The van der Waals surface area contributed by atoms with E-state index in [9.17, 15) is 9.59 Å². The van der Waals surface area contributed by atoms with Gasteiger partial charge in [0.1, 0.15) is 16.4 Å². The zero-order valence-electron chi connectivity index (χ0n) is 15.3. The molecule has 0 amide bonds. The van der Waals surface area contributed by atoms with Crippen molar-refractivity contribution in [3.63, 3.8) is 0 Å². The van der Waals surface area contributed by atoms with Crippen LogP contribution in [0.5, 0.6) is 0 Å². The molecule has 6 nitrogen and oxygen atoms in total. The van der Waals surface area contributed by atoms with Crippen molar-refractivity contribution in [3.8, 4) is 0 Å². The fraction of sp³-hybridized carbons (Fsp3) is 0.250. The number of nitrogens with zero attached hydrogens (tertiary/aromatic N) is 3. The third kappa shape index (κ3) is 3.53. The monoisotopic (exact) mass is 414 g/mol. The molecule has 4 rings (SSSR count). The molecule has 1 saturated heterocycles. The summed E-state index contributed by atoms with van der Waals surface area (Å²) in [6.07, 6.45) is 3.58. The number of piperazine rings is 1. The normalized spacial score (nSPS) is 17.7. The average Bonchev–Trinajstić information content (AvgIpc) is 2.76. The molecule has 1 fully saturated rings. The number of pyridine rings is 1. The van der Waals surface area contributed by atoms with Gasteiger partial charge in [-0.15, -0.1) is 0 Å². The summed E-state index contributed by atoms with van der Waals surface area (Å²) in [4.78, 5) is 31.5. The highest BCUT2D eigenvalue weighted by Gasteiger charge is 2.32. The summed E-state index contributed by atoms with van der Waals surface area (Å²) in [5.41, 5.74) is 2.29. The van der Waals surface area contributed by atoms with Crippen LogP contribution in [0.2, 0.25) is 0 Å². The van der Waals surface area contributed by atoms with Crippen LogP contribution in [0.25, 0.3) is 0 Å².